The summed E-state index contributed by atoms with van der Waals surface area (Å²) in [6.07, 6.45) is 12.6. The van der Waals surface area contributed by atoms with Crippen LogP contribution in [0.3, 0.4) is 0 Å². The largest absolute Gasteiger partial charge is 0.489 e. The number of rotatable bonds is 9. The molecule has 2 aliphatic rings. The molecule has 2 aromatic rings. The van der Waals surface area contributed by atoms with Gasteiger partial charge < -0.3 is 15.2 Å². The number of hydrogen-bond acceptors (Lipinski definition) is 6. The molecule has 1 unspecified atom stereocenters. The molecule has 1 amide bonds. The monoisotopic (exact) mass is 457 g/mol. The molecule has 2 heterocycles. The number of aliphatic hydroxyl groups is 1. The Labute approximate surface area is 194 Å². The van der Waals surface area contributed by atoms with Gasteiger partial charge in [-0.3, -0.25) is 14.3 Å². The fourth-order valence-corrected chi connectivity index (χ4v) is 4.90. The molecule has 9 nitrogen and oxygen atoms in total. The van der Waals surface area contributed by atoms with E-state index in [2.05, 4.69) is 15.5 Å². The van der Waals surface area contributed by atoms with Crippen LogP contribution < -0.4 is 15.6 Å². The van der Waals surface area contributed by atoms with Gasteiger partial charge in [-0.25, -0.2) is 4.68 Å². The predicted octanol–water partition coefficient (Wildman–Crippen LogP) is 3.29. The molecule has 4 rings (SSSR count). The van der Waals surface area contributed by atoms with E-state index in [1.807, 2.05) is 0 Å². The van der Waals surface area contributed by atoms with Crippen molar-refractivity contribution in [2.75, 3.05) is 5.32 Å². The van der Waals surface area contributed by atoms with Crippen LogP contribution in [0.1, 0.15) is 77.7 Å². The van der Waals surface area contributed by atoms with E-state index in [1.54, 1.807) is 37.0 Å². The minimum Gasteiger partial charge on any atom is -0.489 e. The van der Waals surface area contributed by atoms with Gasteiger partial charge in [-0.05, 0) is 51.9 Å². The fraction of sp³-hybridized carbons (Fsp3) is 0.667. The summed E-state index contributed by atoms with van der Waals surface area (Å²) in [6.45, 7) is 3.70. The predicted molar refractivity (Wildman–Crippen MR) is 124 cm³/mol. The van der Waals surface area contributed by atoms with Crippen LogP contribution in [-0.2, 0) is 11.3 Å². The Balaban J connectivity index is 1.50. The molecule has 2 fully saturated rings. The Hall–Kier alpha value is -2.68. The molecule has 2 N–H and O–H groups in total. The fourth-order valence-electron chi connectivity index (χ4n) is 4.90. The van der Waals surface area contributed by atoms with Gasteiger partial charge in [0, 0.05) is 18.3 Å². The van der Waals surface area contributed by atoms with Crippen molar-refractivity contribution >= 4 is 11.7 Å². The molecule has 0 spiro atoms. The van der Waals surface area contributed by atoms with E-state index in [0.717, 1.165) is 51.4 Å². The summed E-state index contributed by atoms with van der Waals surface area (Å²) in [5.74, 6) is 0.925. The SMILES string of the molecule is CC(C)(O)Cn1ccc(NC(=O)C(CC2CCCC2)n2ncc(OC3CCCC3)cc2=O)n1. The molecule has 2 aliphatic carbocycles. The number of anilines is 1. The maximum absolute atomic E-state index is 13.3. The van der Waals surface area contributed by atoms with Crippen molar-refractivity contribution in [3.63, 3.8) is 0 Å². The zero-order valence-corrected chi connectivity index (χ0v) is 19.6. The Bertz CT molecular complexity index is 997. The highest BCUT2D eigenvalue weighted by molar-refractivity contribution is 5.92. The van der Waals surface area contributed by atoms with Gasteiger partial charge in [-0.1, -0.05) is 25.7 Å². The Morgan fingerprint density at radius 3 is 2.61 bits per heavy atom. The van der Waals surface area contributed by atoms with Crippen LogP contribution in [0.2, 0.25) is 0 Å². The molecule has 0 aromatic carbocycles. The van der Waals surface area contributed by atoms with Gasteiger partial charge in [0.2, 0.25) is 0 Å². The molecular formula is C24H35N5O4. The first-order valence-corrected chi connectivity index (χ1v) is 12.1. The zero-order valence-electron chi connectivity index (χ0n) is 19.6. The van der Waals surface area contributed by atoms with Crippen molar-refractivity contribution in [3.05, 3.63) is 34.9 Å². The molecule has 0 radical (unpaired) electrons. The molecule has 33 heavy (non-hydrogen) atoms. The minimum atomic E-state index is -0.919. The molecule has 1 atom stereocenters. The van der Waals surface area contributed by atoms with Crippen LogP contribution in [0.15, 0.2) is 29.3 Å². The summed E-state index contributed by atoms with van der Waals surface area (Å²) >= 11 is 0. The average molecular weight is 458 g/mol. The third-order valence-corrected chi connectivity index (χ3v) is 6.48. The Kier molecular flexibility index (Phi) is 7.17. The maximum atomic E-state index is 13.3. The van der Waals surface area contributed by atoms with Crippen LogP contribution in [-0.4, -0.2) is 42.3 Å². The summed E-state index contributed by atoms with van der Waals surface area (Å²) in [7, 11) is 0. The van der Waals surface area contributed by atoms with E-state index >= 15 is 0 Å². The molecule has 180 valence electrons. The lowest BCUT2D eigenvalue weighted by Crippen LogP contribution is -2.36. The normalized spacial score (nSPS) is 18.5. The van der Waals surface area contributed by atoms with Crippen molar-refractivity contribution in [3.8, 4) is 5.75 Å². The second kappa shape index (κ2) is 10.1. The molecule has 9 heteroatoms. The Morgan fingerprint density at radius 1 is 1.24 bits per heavy atom. The number of nitrogens with zero attached hydrogens (tertiary/aromatic N) is 4. The van der Waals surface area contributed by atoms with Crippen LogP contribution in [0.25, 0.3) is 0 Å². The average Bonchev–Trinajstić information content (AvgIpc) is 3.49. The van der Waals surface area contributed by atoms with Gasteiger partial charge >= 0.3 is 0 Å². The van der Waals surface area contributed by atoms with Crippen molar-refractivity contribution < 1.29 is 14.6 Å². The lowest BCUT2D eigenvalue weighted by Gasteiger charge is -2.21. The molecule has 2 saturated carbocycles. The highest BCUT2D eigenvalue weighted by Gasteiger charge is 2.29. The van der Waals surface area contributed by atoms with Gasteiger partial charge in [-0.2, -0.15) is 10.2 Å². The van der Waals surface area contributed by atoms with Gasteiger partial charge in [0.1, 0.15) is 11.8 Å². The summed E-state index contributed by atoms with van der Waals surface area (Å²) in [6, 6.07) is 2.41. The number of aromatic nitrogens is 4. The lowest BCUT2D eigenvalue weighted by molar-refractivity contribution is -0.120. The Morgan fingerprint density at radius 2 is 1.94 bits per heavy atom. The van der Waals surface area contributed by atoms with Gasteiger partial charge in [0.15, 0.2) is 5.82 Å². The maximum Gasteiger partial charge on any atom is 0.271 e. The van der Waals surface area contributed by atoms with Gasteiger partial charge in [0.05, 0.1) is 24.4 Å². The standard InChI is InChI=1S/C24H35N5O4/c1-24(2,32)16-28-12-11-21(27-28)26-23(31)20(13-17-7-3-4-8-17)29-22(30)14-19(15-25-29)33-18-9-5-6-10-18/h11-12,14-15,17-18,20,32H,3-10,13,16H2,1-2H3,(H,26,27,31). The number of amides is 1. The van der Waals surface area contributed by atoms with Crippen LogP contribution in [0.4, 0.5) is 5.82 Å². The lowest BCUT2D eigenvalue weighted by atomic mass is 9.98. The third-order valence-electron chi connectivity index (χ3n) is 6.48. The molecule has 2 aromatic heterocycles. The second-order valence-electron chi connectivity index (χ2n) is 10.1. The summed E-state index contributed by atoms with van der Waals surface area (Å²) in [5, 5.41) is 21.5. The minimum absolute atomic E-state index is 0.138. The summed E-state index contributed by atoms with van der Waals surface area (Å²) in [5.41, 5.74) is -1.26. The first kappa shape index (κ1) is 23.5. The number of carbonyl (C=O) groups excluding carboxylic acids is 1. The summed E-state index contributed by atoms with van der Waals surface area (Å²) < 4.78 is 8.78. The topological polar surface area (TPSA) is 111 Å². The van der Waals surface area contributed by atoms with E-state index < -0.39 is 11.6 Å². The molecule has 0 saturated heterocycles. The van der Waals surface area contributed by atoms with Gasteiger partial charge in [0.25, 0.3) is 11.5 Å². The first-order valence-electron chi connectivity index (χ1n) is 12.1. The van der Waals surface area contributed by atoms with Crippen LogP contribution >= 0.6 is 0 Å². The molecule has 0 aliphatic heterocycles. The number of nitrogens with one attached hydrogen (secondary N) is 1. The number of ether oxygens (including phenoxy) is 1. The smallest absolute Gasteiger partial charge is 0.271 e. The second-order valence-corrected chi connectivity index (χ2v) is 10.1. The highest BCUT2D eigenvalue weighted by Crippen LogP contribution is 2.32. The zero-order chi connectivity index (χ0) is 23.4. The third kappa shape index (κ3) is 6.43. The van der Waals surface area contributed by atoms with Gasteiger partial charge in [-0.15, -0.1) is 0 Å². The number of carbonyl (C=O) groups is 1. The molecular weight excluding hydrogens is 422 g/mol. The first-order chi connectivity index (χ1) is 15.8. The van der Waals surface area contributed by atoms with Crippen molar-refractivity contribution in [2.45, 2.75) is 95.9 Å². The van der Waals surface area contributed by atoms with Crippen LogP contribution in [0, 0.1) is 5.92 Å². The number of hydrogen-bond donors (Lipinski definition) is 2. The van der Waals surface area contributed by atoms with Crippen molar-refractivity contribution in [2.24, 2.45) is 5.92 Å². The van der Waals surface area contributed by atoms with Crippen LogP contribution in [0.5, 0.6) is 5.75 Å². The van der Waals surface area contributed by atoms with Crippen molar-refractivity contribution in [1.29, 1.82) is 0 Å². The quantitative estimate of drug-likeness (QED) is 0.598. The van der Waals surface area contributed by atoms with E-state index in [0.29, 0.717) is 30.5 Å². The highest BCUT2D eigenvalue weighted by atomic mass is 16.5. The van der Waals surface area contributed by atoms with E-state index in [4.69, 9.17) is 4.74 Å². The van der Waals surface area contributed by atoms with E-state index in [-0.39, 0.29) is 17.6 Å². The van der Waals surface area contributed by atoms with E-state index in [9.17, 15) is 14.7 Å². The van der Waals surface area contributed by atoms with E-state index in [1.165, 1.54) is 10.7 Å². The molecule has 0 bridgehead atoms. The van der Waals surface area contributed by atoms with Crippen molar-refractivity contribution in [1.82, 2.24) is 19.6 Å². The summed E-state index contributed by atoms with van der Waals surface area (Å²) in [4.78, 5) is 26.2.